The number of Topliss-reactive ketones (excluding diaryl/α,β-unsaturated/α-hetero) is 1. The van der Waals surface area contributed by atoms with Crippen molar-refractivity contribution in [3.63, 3.8) is 0 Å². The number of aromatic nitrogens is 1. The maximum Gasteiger partial charge on any atom is 0.408 e. The highest BCUT2D eigenvalue weighted by atomic mass is 16.5. The molecule has 0 fully saturated rings. The number of hydrogen-bond donors (Lipinski definition) is 3. The molecule has 0 saturated carbocycles. The highest BCUT2D eigenvalue weighted by Crippen LogP contribution is 2.14. The number of alkyl carbamates (subject to hydrolysis) is 1. The fourth-order valence-corrected chi connectivity index (χ4v) is 3.74. The molecule has 1 aliphatic heterocycles. The number of pyridine rings is 1. The number of nitrogens with one attached hydrogen (secondary N) is 3. The lowest BCUT2D eigenvalue weighted by molar-refractivity contribution is -0.140. The zero-order valence-electron chi connectivity index (χ0n) is 19.4. The van der Waals surface area contributed by atoms with Crippen LogP contribution in [0.15, 0.2) is 48.8 Å². The molecule has 0 saturated heterocycles. The monoisotopic (exact) mass is 466 g/mol. The van der Waals surface area contributed by atoms with Gasteiger partial charge in [0, 0.05) is 18.9 Å². The summed E-state index contributed by atoms with van der Waals surface area (Å²) in [4.78, 5) is 54.5. The molecule has 180 valence electrons. The van der Waals surface area contributed by atoms with Crippen LogP contribution >= 0.6 is 0 Å². The number of ether oxygens (including phenoxy) is 1. The third-order valence-electron chi connectivity index (χ3n) is 5.68. The first-order valence-corrected chi connectivity index (χ1v) is 11.4. The molecule has 3 N–H and O–H groups in total. The molecule has 9 nitrogen and oxygen atoms in total. The standard InChI is InChI=1S/C25H30N4O5/c1-16(2)21(29-25(33)34-15-17-6-4-3-5-7-17)23(31)28-20-9-8-19-14-26-12-10-18(19)11-13-27-24(32)22(20)30/h3-7,10,12,14,16,20-21H,8-9,11,13,15H2,1-2H3,(H,27,32)(H,28,31)(H,29,33). The van der Waals surface area contributed by atoms with E-state index in [2.05, 4.69) is 20.9 Å². The summed E-state index contributed by atoms with van der Waals surface area (Å²) in [6, 6.07) is 9.10. The maximum atomic E-state index is 13.0. The molecule has 0 bridgehead atoms. The summed E-state index contributed by atoms with van der Waals surface area (Å²) in [6.45, 7) is 3.91. The van der Waals surface area contributed by atoms with Crippen LogP contribution in [0.5, 0.6) is 0 Å². The van der Waals surface area contributed by atoms with E-state index in [-0.39, 0.29) is 18.9 Å². The molecule has 1 aromatic heterocycles. The lowest BCUT2D eigenvalue weighted by atomic mass is 9.96. The number of amides is 3. The molecular formula is C25H30N4O5. The number of carbonyl (C=O) groups is 4. The van der Waals surface area contributed by atoms with Gasteiger partial charge in [-0.15, -0.1) is 0 Å². The molecule has 1 aromatic carbocycles. The Morgan fingerprint density at radius 3 is 2.62 bits per heavy atom. The highest BCUT2D eigenvalue weighted by Gasteiger charge is 2.32. The van der Waals surface area contributed by atoms with Gasteiger partial charge in [-0.25, -0.2) is 4.79 Å². The molecule has 3 rings (SSSR count). The van der Waals surface area contributed by atoms with Crippen LogP contribution in [0.2, 0.25) is 0 Å². The van der Waals surface area contributed by atoms with Crippen molar-refractivity contribution >= 4 is 23.7 Å². The maximum absolute atomic E-state index is 13.0. The average molecular weight is 467 g/mol. The van der Waals surface area contributed by atoms with Crippen LogP contribution in [0.3, 0.4) is 0 Å². The van der Waals surface area contributed by atoms with Gasteiger partial charge in [0.2, 0.25) is 11.7 Å². The SMILES string of the molecule is CC(C)C(NC(=O)OCc1ccccc1)C(=O)NC1CCc2cnccc2CCNC(=O)C1=O. The number of ketones is 1. The van der Waals surface area contributed by atoms with E-state index < -0.39 is 35.8 Å². The fraction of sp³-hybridized carbons (Fsp3) is 0.400. The van der Waals surface area contributed by atoms with Gasteiger partial charge in [-0.05, 0) is 47.9 Å². The van der Waals surface area contributed by atoms with E-state index in [4.69, 9.17) is 4.74 Å². The van der Waals surface area contributed by atoms with Crippen molar-refractivity contribution in [3.05, 3.63) is 65.5 Å². The van der Waals surface area contributed by atoms with Crippen molar-refractivity contribution in [2.24, 2.45) is 5.92 Å². The van der Waals surface area contributed by atoms with Crippen LogP contribution in [-0.4, -0.2) is 47.3 Å². The van der Waals surface area contributed by atoms with Crippen molar-refractivity contribution in [2.75, 3.05) is 6.54 Å². The second kappa shape index (κ2) is 11.9. The molecule has 9 heteroatoms. The van der Waals surface area contributed by atoms with Crippen molar-refractivity contribution in [3.8, 4) is 0 Å². The molecular weight excluding hydrogens is 436 g/mol. The summed E-state index contributed by atoms with van der Waals surface area (Å²) >= 11 is 0. The van der Waals surface area contributed by atoms with Crippen LogP contribution in [0, 0.1) is 5.92 Å². The van der Waals surface area contributed by atoms with Gasteiger partial charge >= 0.3 is 6.09 Å². The molecule has 1 aliphatic rings. The molecule has 2 unspecified atom stereocenters. The summed E-state index contributed by atoms with van der Waals surface area (Å²) in [5.41, 5.74) is 2.82. The summed E-state index contributed by atoms with van der Waals surface area (Å²) in [5, 5.41) is 7.85. The van der Waals surface area contributed by atoms with E-state index in [9.17, 15) is 19.2 Å². The second-order valence-electron chi connectivity index (χ2n) is 8.54. The lowest BCUT2D eigenvalue weighted by Gasteiger charge is -2.25. The van der Waals surface area contributed by atoms with Crippen LogP contribution in [0.1, 0.15) is 37.0 Å². The van der Waals surface area contributed by atoms with Crippen LogP contribution in [-0.2, 0) is 38.6 Å². The Kier molecular flexibility index (Phi) is 8.73. The quantitative estimate of drug-likeness (QED) is 0.556. The topological polar surface area (TPSA) is 126 Å². The first-order chi connectivity index (χ1) is 16.3. The van der Waals surface area contributed by atoms with E-state index in [0.29, 0.717) is 19.4 Å². The zero-order chi connectivity index (χ0) is 24.5. The molecule has 0 spiro atoms. The first-order valence-electron chi connectivity index (χ1n) is 11.4. The van der Waals surface area contributed by atoms with Gasteiger partial charge in [-0.1, -0.05) is 44.2 Å². The largest absolute Gasteiger partial charge is 0.445 e. The van der Waals surface area contributed by atoms with Gasteiger partial charge in [-0.2, -0.15) is 0 Å². The summed E-state index contributed by atoms with van der Waals surface area (Å²) in [5.74, 6) is -2.28. The summed E-state index contributed by atoms with van der Waals surface area (Å²) < 4.78 is 5.23. The van der Waals surface area contributed by atoms with Crippen molar-refractivity contribution in [2.45, 2.75) is 51.8 Å². The number of rotatable bonds is 6. The normalized spacial score (nSPS) is 17.2. The van der Waals surface area contributed by atoms with E-state index in [0.717, 1.165) is 16.7 Å². The highest BCUT2D eigenvalue weighted by molar-refractivity contribution is 6.38. The predicted octanol–water partition coefficient (Wildman–Crippen LogP) is 1.69. The minimum Gasteiger partial charge on any atom is -0.445 e. The molecule has 2 heterocycles. The molecule has 0 radical (unpaired) electrons. The van der Waals surface area contributed by atoms with E-state index >= 15 is 0 Å². The smallest absolute Gasteiger partial charge is 0.408 e. The van der Waals surface area contributed by atoms with Gasteiger partial charge in [0.15, 0.2) is 0 Å². The van der Waals surface area contributed by atoms with Crippen molar-refractivity contribution in [1.82, 2.24) is 20.9 Å². The van der Waals surface area contributed by atoms with Gasteiger partial charge in [0.25, 0.3) is 5.91 Å². The van der Waals surface area contributed by atoms with E-state index in [1.807, 2.05) is 36.4 Å². The molecule has 2 aromatic rings. The number of fused-ring (bicyclic) bond motifs is 1. The third-order valence-corrected chi connectivity index (χ3v) is 5.68. The predicted molar refractivity (Wildman–Crippen MR) is 125 cm³/mol. The summed E-state index contributed by atoms with van der Waals surface area (Å²) in [7, 11) is 0. The van der Waals surface area contributed by atoms with Gasteiger partial charge in [0.1, 0.15) is 12.6 Å². The first kappa shape index (κ1) is 24.9. The number of carbonyl (C=O) groups excluding carboxylic acids is 4. The van der Waals surface area contributed by atoms with Crippen molar-refractivity contribution < 1.29 is 23.9 Å². The van der Waals surface area contributed by atoms with Gasteiger partial charge < -0.3 is 20.7 Å². The Morgan fingerprint density at radius 2 is 1.88 bits per heavy atom. The van der Waals surface area contributed by atoms with Crippen LogP contribution in [0.4, 0.5) is 4.79 Å². The number of hydrogen-bond acceptors (Lipinski definition) is 6. The Labute approximate surface area is 198 Å². The number of aryl methyl sites for hydroxylation is 1. The molecule has 2 atom stereocenters. The molecule has 0 aliphatic carbocycles. The Morgan fingerprint density at radius 1 is 1.12 bits per heavy atom. The Hall–Kier alpha value is -3.75. The van der Waals surface area contributed by atoms with Crippen LogP contribution < -0.4 is 16.0 Å². The van der Waals surface area contributed by atoms with Gasteiger partial charge in [-0.3, -0.25) is 19.4 Å². The fourth-order valence-electron chi connectivity index (χ4n) is 3.74. The van der Waals surface area contributed by atoms with Crippen LogP contribution in [0.25, 0.3) is 0 Å². The minimum atomic E-state index is -1.03. The number of nitrogens with zero attached hydrogens (tertiary/aromatic N) is 1. The number of benzene rings is 1. The average Bonchev–Trinajstić information content (AvgIpc) is 2.83. The summed E-state index contributed by atoms with van der Waals surface area (Å²) in [6.07, 6.45) is 3.99. The third kappa shape index (κ3) is 6.87. The van der Waals surface area contributed by atoms with Crippen molar-refractivity contribution in [1.29, 1.82) is 0 Å². The van der Waals surface area contributed by atoms with E-state index in [1.165, 1.54) is 0 Å². The van der Waals surface area contributed by atoms with Gasteiger partial charge in [0.05, 0.1) is 6.04 Å². The molecule has 34 heavy (non-hydrogen) atoms. The lowest BCUT2D eigenvalue weighted by Crippen LogP contribution is -2.55. The van der Waals surface area contributed by atoms with E-state index in [1.54, 1.807) is 26.2 Å². The molecule has 3 amide bonds. The Balaban J connectivity index is 1.66. The Bertz CT molecular complexity index is 1020. The second-order valence-corrected chi connectivity index (χ2v) is 8.54. The minimum absolute atomic E-state index is 0.0633. The zero-order valence-corrected chi connectivity index (χ0v) is 19.4.